The number of anilines is 1. The van der Waals surface area contributed by atoms with Crippen LogP contribution in [0.1, 0.15) is 29.8 Å². The summed E-state index contributed by atoms with van der Waals surface area (Å²) in [5, 5.41) is 3.26. The third kappa shape index (κ3) is 5.51. The fourth-order valence-electron chi connectivity index (χ4n) is 2.21. The predicted molar refractivity (Wildman–Crippen MR) is 111 cm³/mol. The monoisotopic (exact) mass is 448 g/mol. The van der Waals surface area contributed by atoms with Gasteiger partial charge in [0, 0.05) is 12.1 Å². The quantitative estimate of drug-likeness (QED) is 0.599. The summed E-state index contributed by atoms with van der Waals surface area (Å²) < 4.78 is 27.8. The minimum Gasteiger partial charge on any atom is -0.352 e. The summed E-state index contributed by atoms with van der Waals surface area (Å²) in [5.74, 6) is -0.0505. The lowest BCUT2D eigenvalue weighted by Gasteiger charge is -2.13. The number of benzene rings is 2. The Hall–Kier alpha value is -1.47. The first-order chi connectivity index (χ1) is 12.5. The molecule has 0 aliphatic carbocycles. The molecule has 0 unspecified atom stereocenters. The van der Waals surface area contributed by atoms with E-state index in [2.05, 4.69) is 10.0 Å². The molecule has 146 valence electrons. The fraction of sp³-hybridized carbons (Fsp3) is 0.278. The molecule has 5 nitrogen and oxygen atoms in total. The Morgan fingerprint density at radius 3 is 2.30 bits per heavy atom. The zero-order valence-electron chi connectivity index (χ0n) is 14.9. The largest absolute Gasteiger partial charge is 0.352 e. The second-order valence-corrected chi connectivity index (χ2v) is 9.34. The van der Waals surface area contributed by atoms with Gasteiger partial charge < -0.3 is 5.32 Å². The van der Waals surface area contributed by atoms with Gasteiger partial charge >= 0.3 is 0 Å². The predicted octanol–water partition coefficient (Wildman–Crippen LogP) is 5.14. The van der Waals surface area contributed by atoms with E-state index in [1.54, 1.807) is 13.0 Å². The van der Waals surface area contributed by atoms with Gasteiger partial charge in [0.1, 0.15) is 0 Å². The SMILES string of the molecule is Cc1ccc(S(=O)(=O)Nc2cc(Cl)c(Cl)cc2Cl)cc1C(=O)NCC(C)C. The molecule has 0 aliphatic rings. The second kappa shape index (κ2) is 8.69. The van der Waals surface area contributed by atoms with Crippen molar-refractivity contribution in [2.24, 2.45) is 5.92 Å². The van der Waals surface area contributed by atoms with Crippen molar-refractivity contribution >= 4 is 56.4 Å². The molecule has 2 aromatic rings. The molecular formula is C18H19Cl3N2O3S. The van der Waals surface area contributed by atoms with Crippen LogP contribution in [0.4, 0.5) is 5.69 Å². The molecular weight excluding hydrogens is 431 g/mol. The number of nitrogens with one attached hydrogen (secondary N) is 2. The van der Waals surface area contributed by atoms with E-state index in [-0.39, 0.29) is 37.5 Å². The Kier molecular flexibility index (Phi) is 7.03. The zero-order chi connectivity index (χ0) is 20.4. The van der Waals surface area contributed by atoms with Crippen molar-refractivity contribution in [2.75, 3.05) is 11.3 Å². The van der Waals surface area contributed by atoms with Crippen molar-refractivity contribution in [3.05, 3.63) is 56.5 Å². The van der Waals surface area contributed by atoms with Crippen molar-refractivity contribution < 1.29 is 13.2 Å². The summed E-state index contributed by atoms with van der Waals surface area (Å²) in [6.45, 7) is 6.17. The lowest BCUT2D eigenvalue weighted by molar-refractivity contribution is 0.0948. The first-order valence-corrected chi connectivity index (χ1v) is 10.7. The third-order valence-electron chi connectivity index (χ3n) is 3.69. The molecule has 0 heterocycles. The van der Waals surface area contributed by atoms with E-state index in [1.165, 1.54) is 24.3 Å². The fourth-order valence-corrected chi connectivity index (χ4v) is 3.96. The van der Waals surface area contributed by atoms with E-state index in [1.807, 2.05) is 13.8 Å². The molecule has 0 saturated carbocycles. The van der Waals surface area contributed by atoms with E-state index in [0.29, 0.717) is 17.7 Å². The van der Waals surface area contributed by atoms with E-state index in [9.17, 15) is 13.2 Å². The molecule has 2 rings (SSSR count). The average Bonchev–Trinajstić information content (AvgIpc) is 2.57. The maximum absolute atomic E-state index is 12.7. The lowest BCUT2D eigenvalue weighted by atomic mass is 10.1. The zero-order valence-corrected chi connectivity index (χ0v) is 18.0. The highest BCUT2D eigenvalue weighted by Crippen LogP contribution is 2.33. The van der Waals surface area contributed by atoms with Crippen LogP contribution < -0.4 is 10.0 Å². The van der Waals surface area contributed by atoms with E-state index >= 15 is 0 Å². The van der Waals surface area contributed by atoms with Gasteiger partial charge in [-0.3, -0.25) is 9.52 Å². The van der Waals surface area contributed by atoms with Gasteiger partial charge in [0.2, 0.25) is 0 Å². The van der Waals surface area contributed by atoms with Gasteiger partial charge in [-0.2, -0.15) is 0 Å². The molecule has 0 fully saturated rings. The minimum absolute atomic E-state index is 0.0649. The Bertz CT molecular complexity index is 976. The van der Waals surface area contributed by atoms with Gasteiger partial charge in [-0.15, -0.1) is 0 Å². The van der Waals surface area contributed by atoms with Crippen molar-refractivity contribution in [1.29, 1.82) is 0 Å². The molecule has 2 aromatic carbocycles. The van der Waals surface area contributed by atoms with Gasteiger partial charge in [-0.25, -0.2) is 8.42 Å². The van der Waals surface area contributed by atoms with Gasteiger partial charge in [0.25, 0.3) is 15.9 Å². The highest BCUT2D eigenvalue weighted by Gasteiger charge is 2.20. The number of amides is 1. The molecule has 0 saturated heterocycles. The van der Waals surface area contributed by atoms with E-state index in [4.69, 9.17) is 34.8 Å². The van der Waals surface area contributed by atoms with Gasteiger partial charge in [-0.05, 0) is 42.7 Å². The summed E-state index contributed by atoms with van der Waals surface area (Å²) in [5.41, 5.74) is 1.05. The van der Waals surface area contributed by atoms with Gasteiger partial charge in [0.15, 0.2) is 0 Å². The molecule has 2 N–H and O–H groups in total. The third-order valence-corrected chi connectivity index (χ3v) is 6.09. The molecule has 0 aliphatic heterocycles. The Balaban J connectivity index is 2.35. The standard InChI is InChI=1S/C18H19Cl3N2O3S/c1-10(2)9-22-18(24)13-6-12(5-4-11(13)3)27(25,26)23-17-8-15(20)14(19)7-16(17)21/h4-8,10,23H,9H2,1-3H3,(H,22,24). The maximum atomic E-state index is 12.7. The average molecular weight is 450 g/mol. The van der Waals surface area contributed by atoms with E-state index in [0.717, 1.165) is 0 Å². The Morgan fingerprint density at radius 2 is 1.67 bits per heavy atom. The molecule has 9 heteroatoms. The second-order valence-electron chi connectivity index (χ2n) is 6.43. The topological polar surface area (TPSA) is 75.3 Å². The summed E-state index contributed by atoms with van der Waals surface area (Å²) in [7, 11) is -3.99. The van der Waals surface area contributed by atoms with Gasteiger partial charge in [-0.1, -0.05) is 54.7 Å². The van der Waals surface area contributed by atoms with Crippen LogP contribution in [0.25, 0.3) is 0 Å². The van der Waals surface area contributed by atoms with Crippen LogP contribution in [0.2, 0.25) is 15.1 Å². The summed E-state index contributed by atoms with van der Waals surface area (Å²) in [6, 6.07) is 7.01. The highest BCUT2D eigenvalue weighted by atomic mass is 35.5. The summed E-state index contributed by atoms with van der Waals surface area (Å²) in [4.78, 5) is 12.3. The smallest absolute Gasteiger partial charge is 0.261 e. The number of rotatable bonds is 6. The van der Waals surface area contributed by atoms with Crippen LogP contribution in [0, 0.1) is 12.8 Å². The number of carbonyl (C=O) groups excluding carboxylic acids is 1. The Labute approximate surface area is 174 Å². The van der Waals surface area contributed by atoms with Crippen LogP contribution in [-0.2, 0) is 10.0 Å². The molecule has 27 heavy (non-hydrogen) atoms. The lowest BCUT2D eigenvalue weighted by Crippen LogP contribution is -2.28. The summed E-state index contributed by atoms with van der Waals surface area (Å²) >= 11 is 17.8. The van der Waals surface area contributed by atoms with Crippen molar-refractivity contribution in [2.45, 2.75) is 25.7 Å². The van der Waals surface area contributed by atoms with Crippen molar-refractivity contribution in [3.63, 3.8) is 0 Å². The number of hydrogen-bond donors (Lipinski definition) is 2. The van der Waals surface area contributed by atoms with Crippen LogP contribution in [0.3, 0.4) is 0 Å². The van der Waals surface area contributed by atoms with Crippen LogP contribution >= 0.6 is 34.8 Å². The first kappa shape index (κ1) is 21.8. The number of carbonyl (C=O) groups is 1. The molecule has 0 atom stereocenters. The molecule has 1 amide bonds. The minimum atomic E-state index is -3.99. The van der Waals surface area contributed by atoms with Crippen molar-refractivity contribution in [3.8, 4) is 0 Å². The number of hydrogen-bond acceptors (Lipinski definition) is 3. The summed E-state index contributed by atoms with van der Waals surface area (Å²) in [6.07, 6.45) is 0. The molecule has 0 radical (unpaired) electrons. The van der Waals surface area contributed by atoms with E-state index < -0.39 is 10.0 Å². The molecule has 0 aromatic heterocycles. The van der Waals surface area contributed by atoms with Crippen LogP contribution in [0.5, 0.6) is 0 Å². The maximum Gasteiger partial charge on any atom is 0.261 e. The number of sulfonamides is 1. The van der Waals surface area contributed by atoms with Crippen LogP contribution in [0.15, 0.2) is 35.2 Å². The number of aryl methyl sites for hydroxylation is 1. The van der Waals surface area contributed by atoms with Crippen LogP contribution in [-0.4, -0.2) is 20.9 Å². The molecule has 0 spiro atoms. The normalized spacial score (nSPS) is 11.5. The molecule has 0 bridgehead atoms. The highest BCUT2D eigenvalue weighted by molar-refractivity contribution is 7.92. The first-order valence-electron chi connectivity index (χ1n) is 8.07. The number of halogens is 3. The Morgan fingerprint density at radius 1 is 1.04 bits per heavy atom. The van der Waals surface area contributed by atoms with Crippen molar-refractivity contribution in [1.82, 2.24) is 5.32 Å². The van der Waals surface area contributed by atoms with Gasteiger partial charge in [0.05, 0.1) is 25.7 Å².